The largest absolute Gasteiger partial charge is 0.388 e. The number of hydrogen-bond acceptors (Lipinski definition) is 1. The van der Waals surface area contributed by atoms with Gasteiger partial charge in [0.1, 0.15) is 0 Å². The van der Waals surface area contributed by atoms with Gasteiger partial charge in [0, 0.05) is 6.42 Å². The maximum atomic E-state index is 10.4. The minimum absolute atomic E-state index is 0.423. The minimum atomic E-state index is -0.423. The van der Waals surface area contributed by atoms with Gasteiger partial charge in [-0.3, -0.25) is 0 Å². The summed E-state index contributed by atoms with van der Waals surface area (Å²) in [5.74, 6) is 0. The first kappa shape index (κ1) is 12.8. The van der Waals surface area contributed by atoms with Crippen LogP contribution < -0.4 is 0 Å². The number of benzene rings is 2. The molecule has 18 heavy (non-hydrogen) atoms. The van der Waals surface area contributed by atoms with E-state index in [0.29, 0.717) is 6.42 Å². The van der Waals surface area contributed by atoms with Crippen molar-refractivity contribution in [2.75, 3.05) is 0 Å². The summed E-state index contributed by atoms with van der Waals surface area (Å²) in [6.45, 7) is 6.24. The highest BCUT2D eigenvalue weighted by Gasteiger charge is 2.14. The van der Waals surface area contributed by atoms with Crippen molar-refractivity contribution in [1.82, 2.24) is 0 Å². The topological polar surface area (TPSA) is 20.2 Å². The van der Waals surface area contributed by atoms with Crippen LogP contribution in [0.15, 0.2) is 42.5 Å². The molecule has 0 heterocycles. The van der Waals surface area contributed by atoms with Gasteiger partial charge in [-0.25, -0.2) is 0 Å². The van der Waals surface area contributed by atoms with E-state index in [-0.39, 0.29) is 0 Å². The van der Waals surface area contributed by atoms with E-state index in [0.717, 1.165) is 5.56 Å². The number of rotatable bonds is 3. The molecule has 94 valence electrons. The number of aryl methyl sites for hydroxylation is 3. The molecule has 0 aliphatic heterocycles. The zero-order valence-electron chi connectivity index (χ0n) is 11.3. The maximum Gasteiger partial charge on any atom is 0.0835 e. The molecule has 2 aromatic carbocycles. The van der Waals surface area contributed by atoms with Gasteiger partial charge in [0.15, 0.2) is 0 Å². The van der Waals surface area contributed by atoms with Crippen LogP contribution in [0.4, 0.5) is 0 Å². The first-order chi connectivity index (χ1) is 8.58. The zero-order chi connectivity index (χ0) is 13.1. The highest BCUT2D eigenvalue weighted by molar-refractivity contribution is 5.39. The van der Waals surface area contributed by atoms with Crippen LogP contribution >= 0.6 is 0 Å². The predicted molar refractivity (Wildman–Crippen MR) is 75.8 cm³/mol. The lowest BCUT2D eigenvalue weighted by Crippen LogP contribution is -2.06. The second-order valence-electron chi connectivity index (χ2n) is 5.02. The van der Waals surface area contributed by atoms with Gasteiger partial charge >= 0.3 is 0 Å². The Bertz CT molecular complexity index is 506. The Morgan fingerprint density at radius 1 is 0.944 bits per heavy atom. The molecule has 0 aliphatic carbocycles. The monoisotopic (exact) mass is 240 g/mol. The van der Waals surface area contributed by atoms with E-state index >= 15 is 0 Å². The van der Waals surface area contributed by atoms with Crippen LogP contribution in [0.25, 0.3) is 0 Å². The Balaban J connectivity index is 2.27. The van der Waals surface area contributed by atoms with Gasteiger partial charge in [0.25, 0.3) is 0 Å². The summed E-state index contributed by atoms with van der Waals surface area (Å²) in [7, 11) is 0. The van der Waals surface area contributed by atoms with Crippen molar-refractivity contribution in [3.05, 3.63) is 70.3 Å². The van der Waals surface area contributed by atoms with Crippen molar-refractivity contribution in [3.63, 3.8) is 0 Å². The molecule has 0 aromatic heterocycles. The molecule has 0 saturated carbocycles. The quantitative estimate of drug-likeness (QED) is 0.863. The summed E-state index contributed by atoms with van der Waals surface area (Å²) in [6.07, 6.45) is 0.249. The van der Waals surface area contributed by atoms with Gasteiger partial charge in [-0.15, -0.1) is 0 Å². The third-order valence-electron chi connectivity index (χ3n) is 3.34. The molecule has 1 atom stereocenters. The van der Waals surface area contributed by atoms with Crippen molar-refractivity contribution in [1.29, 1.82) is 0 Å². The molecule has 2 rings (SSSR count). The summed E-state index contributed by atoms with van der Waals surface area (Å²) in [6, 6.07) is 14.4. The van der Waals surface area contributed by atoms with Crippen LogP contribution in [0.5, 0.6) is 0 Å². The molecular formula is C17H20O. The first-order valence-corrected chi connectivity index (χ1v) is 6.37. The Morgan fingerprint density at radius 2 is 1.50 bits per heavy atom. The van der Waals surface area contributed by atoms with Crippen LogP contribution in [-0.4, -0.2) is 5.11 Å². The van der Waals surface area contributed by atoms with Gasteiger partial charge in [-0.1, -0.05) is 48.0 Å². The van der Waals surface area contributed by atoms with E-state index in [1.54, 1.807) is 0 Å². The summed E-state index contributed by atoms with van der Waals surface area (Å²) in [5.41, 5.74) is 5.85. The fraction of sp³-hybridized carbons (Fsp3) is 0.294. The van der Waals surface area contributed by atoms with E-state index in [1.165, 1.54) is 22.3 Å². The van der Waals surface area contributed by atoms with E-state index in [4.69, 9.17) is 0 Å². The second-order valence-corrected chi connectivity index (χ2v) is 5.02. The average molecular weight is 240 g/mol. The average Bonchev–Trinajstić information content (AvgIpc) is 2.28. The van der Waals surface area contributed by atoms with Gasteiger partial charge in [0.05, 0.1) is 6.10 Å². The molecule has 2 aromatic rings. The lowest BCUT2D eigenvalue weighted by atomic mass is 9.92. The first-order valence-electron chi connectivity index (χ1n) is 6.37. The van der Waals surface area contributed by atoms with Crippen LogP contribution in [-0.2, 0) is 6.42 Å². The fourth-order valence-electron chi connectivity index (χ4n) is 2.66. The van der Waals surface area contributed by atoms with Crippen LogP contribution in [0.1, 0.15) is 33.9 Å². The molecule has 0 radical (unpaired) electrons. The molecule has 0 spiro atoms. The minimum Gasteiger partial charge on any atom is -0.388 e. The summed E-state index contributed by atoms with van der Waals surface area (Å²) >= 11 is 0. The molecular weight excluding hydrogens is 220 g/mol. The summed E-state index contributed by atoms with van der Waals surface area (Å²) in [4.78, 5) is 0. The lowest BCUT2D eigenvalue weighted by molar-refractivity contribution is 0.177. The summed E-state index contributed by atoms with van der Waals surface area (Å²) in [5, 5.41) is 10.4. The lowest BCUT2D eigenvalue weighted by Gasteiger charge is -2.17. The van der Waals surface area contributed by atoms with Crippen molar-refractivity contribution >= 4 is 0 Å². The van der Waals surface area contributed by atoms with Crippen LogP contribution in [0.3, 0.4) is 0 Å². The zero-order valence-corrected chi connectivity index (χ0v) is 11.3. The van der Waals surface area contributed by atoms with Crippen LogP contribution in [0.2, 0.25) is 0 Å². The van der Waals surface area contributed by atoms with Crippen LogP contribution in [0, 0.1) is 20.8 Å². The molecule has 0 aliphatic rings. The van der Waals surface area contributed by atoms with E-state index in [1.807, 2.05) is 18.2 Å². The molecule has 0 bridgehead atoms. The Hall–Kier alpha value is -1.60. The third kappa shape index (κ3) is 2.80. The van der Waals surface area contributed by atoms with Gasteiger partial charge in [0.2, 0.25) is 0 Å². The van der Waals surface area contributed by atoms with Gasteiger partial charge in [-0.2, -0.15) is 0 Å². The SMILES string of the molecule is Cc1cc(C)c(C(O)Cc2ccccc2)c(C)c1. The highest BCUT2D eigenvalue weighted by Crippen LogP contribution is 2.26. The van der Waals surface area contributed by atoms with Crippen molar-refractivity contribution in [2.24, 2.45) is 0 Å². The molecule has 0 amide bonds. The molecule has 1 unspecified atom stereocenters. The highest BCUT2D eigenvalue weighted by atomic mass is 16.3. The van der Waals surface area contributed by atoms with Gasteiger partial charge in [-0.05, 0) is 43.0 Å². The molecule has 1 nitrogen and oxygen atoms in total. The fourth-order valence-corrected chi connectivity index (χ4v) is 2.66. The van der Waals surface area contributed by atoms with Gasteiger partial charge < -0.3 is 5.11 Å². The molecule has 1 N–H and O–H groups in total. The third-order valence-corrected chi connectivity index (χ3v) is 3.34. The van der Waals surface area contributed by atoms with Crippen molar-refractivity contribution < 1.29 is 5.11 Å². The standard InChI is InChI=1S/C17H20O/c1-12-9-13(2)17(14(3)10-12)16(18)11-15-7-5-4-6-8-15/h4-10,16,18H,11H2,1-3H3. The molecule has 0 saturated heterocycles. The maximum absolute atomic E-state index is 10.4. The predicted octanol–water partition coefficient (Wildman–Crippen LogP) is 3.89. The molecule has 0 fully saturated rings. The number of aliphatic hydroxyl groups excluding tert-OH is 1. The van der Waals surface area contributed by atoms with Crippen molar-refractivity contribution in [2.45, 2.75) is 33.3 Å². The number of hydrogen-bond donors (Lipinski definition) is 1. The molecule has 1 heteroatoms. The van der Waals surface area contributed by atoms with E-state index < -0.39 is 6.10 Å². The summed E-state index contributed by atoms with van der Waals surface area (Å²) < 4.78 is 0. The second kappa shape index (κ2) is 5.36. The Labute approximate surface area is 109 Å². The number of aliphatic hydroxyl groups is 1. The van der Waals surface area contributed by atoms with Crippen molar-refractivity contribution in [3.8, 4) is 0 Å². The van der Waals surface area contributed by atoms with E-state index in [9.17, 15) is 5.11 Å². The Kier molecular flexibility index (Phi) is 3.83. The van der Waals surface area contributed by atoms with E-state index in [2.05, 4.69) is 45.0 Å². The Morgan fingerprint density at radius 3 is 2.06 bits per heavy atom. The normalized spacial score (nSPS) is 12.4. The smallest absolute Gasteiger partial charge is 0.0835 e.